The number of rotatable bonds is 2. The van der Waals surface area contributed by atoms with Gasteiger partial charge in [-0.2, -0.15) is 0 Å². The molecule has 0 atom stereocenters. The number of phenols is 1. The van der Waals surface area contributed by atoms with Crippen LogP contribution < -0.4 is 0 Å². The van der Waals surface area contributed by atoms with Crippen molar-refractivity contribution in [3.05, 3.63) is 24.8 Å². The van der Waals surface area contributed by atoms with Gasteiger partial charge in [-0.15, -0.1) is 0 Å². The Morgan fingerprint density at radius 2 is 2.00 bits per heavy atom. The highest BCUT2D eigenvalue weighted by molar-refractivity contribution is 14.1. The largest absolute Gasteiger partial charge is 0.507 e. The molecule has 0 saturated heterocycles. The lowest BCUT2D eigenvalue weighted by Gasteiger charge is -2.04. The van der Waals surface area contributed by atoms with E-state index in [-0.39, 0.29) is 12.2 Å². The van der Waals surface area contributed by atoms with Crippen molar-refractivity contribution in [1.82, 2.24) is 0 Å². The van der Waals surface area contributed by atoms with Gasteiger partial charge in [0.1, 0.15) is 5.75 Å². The Kier molecular flexibility index (Phi) is 3.77. The fraction of sp³-hybridized carbons (Fsp3) is 0.125. The Morgan fingerprint density at radius 1 is 1.38 bits per heavy atom. The van der Waals surface area contributed by atoms with E-state index in [0.29, 0.717) is 9.13 Å². The fourth-order valence-corrected chi connectivity index (χ4v) is 2.09. The van der Waals surface area contributed by atoms with Crippen molar-refractivity contribution in [3.8, 4) is 5.75 Å². The average molecular weight is 404 g/mol. The summed E-state index contributed by atoms with van der Waals surface area (Å²) in [5.74, 6) is -0.747. The van der Waals surface area contributed by atoms with Gasteiger partial charge in [0.25, 0.3) is 0 Å². The predicted molar refractivity (Wildman–Crippen MR) is 64.9 cm³/mol. The van der Waals surface area contributed by atoms with Crippen molar-refractivity contribution >= 4 is 51.2 Å². The predicted octanol–water partition coefficient (Wildman–Crippen LogP) is 2.23. The summed E-state index contributed by atoms with van der Waals surface area (Å²) in [5, 5.41) is 18.0. The SMILES string of the molecule is O=C(O)Cc1cc(I)cc(O)c1I. The Balaban J connectivity index is 3.12. The third-order valence-electron chi connectivity index (χ3n) is 1.44. The molecule has 0 aliphatic carbocycles. The molecular formula is C8H6I2O3. The average Bonchev–Trinajstić information content (AvgIpc) is 1.98. The molecule has 0 aromatic heterocycles. The molecule has 0 amide bonds. The molecular weight excluding hydrogens is 398 g/mol. The lowest BCUT2D eigenvalue weighted by Crippen LogP contribution is -2.02. The Bertz CT molecular complexity index is 349. The summed E-state index contributed by atoms with van der Waals surface area (Å²) in [4.78, 5) is 10.5. The van der Waals surface area contributed by atoms with Crippen LogP contribution in [0, 0.1) is 7.14 Å². The van der Waals surface area contributed by atoms with Crippen molar-refractivity contribution < 1.29 is 15.0 Å². The monoisotopic (exact) mass is 404 g/mol. The summed E-state index contributed by atoms with van der Waals surface area (Å²) >= 11 is 3.98. The zero-order valence-electron chi connectivity index (χ0n) is 6.42. The highest BCUT2D eigenvalue weighted by Crippen LogP contribution is 2.26. The van der Waals surface area contributed by atoms with E-state index in [1.165, 1.54) is 0 Å². The first-order chi connectivity index (χ1) is 6.00. The van der Waals surface area contributed by atoms with Crippen LogP contribution in [0.25, 0.3) is 0 Å². The summed E-state index contributed by atoms with van der Waals surface area (Å²) in [5.41, 5.74) is 0.650. The molecule has 0 spiro atoms. The van der Waals surface area contributed by atoms with Gasteiger partial charge in [0, 0.05) is 3.57 Å². The maximum Gasteiger partial charge on any atom is 0.307 e. The van der Waals surface area contributed by atoms with Crippen molar-refractivity contribution in [2.75, 3.05) is 0 Å². The number of hydrogen-bond acceptors (Lipinski definition) is 2. The van der Waals surface area contributed by atoms with Crippen LogP contribution in [0.4, 0.5) is 0 Å². The van der Waals surface area contributed by atoms with E-state index in [4.69, 9.17) is 5.11 Å². The summed E-state index contributed by atoms with van der Waals surface area (Å²) in [6.45, 7) is 0. The molecule has 1 aromatic carbocycles. The number of phenolic OH excluding ortho intramolecular Hbond substituents is 1. The molecule has 70 valence electrons. The van der Waals surface area contributed by atoms with Gasteiger partial charge in [-0.1, -0.05) is 0 Å². The highest BCUT2D eigenvalue weighted by atomic mass is 127. The normalized spacial score (nSPS) is 10.0. The van der Waals surface area contributed by atoms with Gasteiger partial charge < -0.3 is 10.2 Å². The van der Waals surface area contributed by atoms with Crippen LogP contribution >= 0.6 is 45.2 Å². The number of aromatic hydroxyl groups is 1. The molecule has 0 heterocycles. The lowest BCUT2D eigenvalue weighted by atomic mass is 10.1. The van der Waals surface area contributed by atoms with Gasteiger partial charge in [0.15, 0.2) is 0 Å². The summed E-state index contributed by atoms with van der Waals surface area (Å²) in [7, 11) is 0. The van der Waals surface area contributed by atoms with E-state index in [2.05, 4.69) is 0 Å². The number of carboxylic acid groups (broad SMARTS) is 1. The molecule has 0 radical (unpaired) electrons. The number of halogens is 2. The van der Waals surface area contributed by atoms with E-state index in [9.17, 15) is 9.90 Å². The number of carboxylic acids is 1. The number of benzene rings is 1. The molecule has 0 aliphatic heterocycles. The minimum atomic E-state index is -0.890. The number of aliphatic carboxylic acids is 1. The Hall–Kier alpha value is -0.0500. The second-order valence-electron chi connectivity index (χ2n) is 2.47. The molecule has 1 aromatic rings. The molecule has 5 heteroatoms. The second-order valence-corrected chi connectivity index (χ2v) is 4.79. The van der Waals surface area contributed by atoms with Gasteiger partial charge in [-0.3, -0.25) is 4.79 Å². The quantitative estimate of drug-likeness (QED) is 0.744. The number of carbonyl (C=O) groups is 1. The van der Waals surface area contributed by atoms with Gasteiger partial charge in [-0.05, 0) is 62.9 Å². The van der Waals surface area contributed by atoms with E-state index in [1.54, 1.807) is 12.1 Å². The molecule has 1 rings (SSSR count). The number of hydrogen-bond donors (Lipinski definition) is 2. The summed E-state index contributed by atoms with van der Waals surface area (Å²) in [6.07, 6.45) is -0.0529. The highest BCUT2D eigenvalue weighted by Gasteiger charge is 2.09. The first-order valence-corrected chi connectivity index (χ1v) is 5.55. The molecule has 13 heavy (non-hydrogen) atoms. The van der Waals surface area contributed by atoms with Crippen LogP contribution in [0.1, 0.15) is 5.56 Å². The Labute approximate surface area is 102 Å². The molecule has 0 fully saturated rings. The van der Waals surface area contributed by atoms with Crippen molar-refractivity contribution in [2.45, 2.75) is 6.42 Å². The van der Waals surface area contributed by atoms with E-state index in [0.717, 1.165) is 3.57 Å². The van der Waals surface area contributed by atoms with Crippen LogP contribution in [-0.4, -0.2) is 16.2 Å². The van der Waals surface area contributed by atoms with Gasteiger partial charge in [0.05, 0.1) is 9.99 Å². The van der Waals surface area contributed by atoms with Crippen LogP contribution in [0.15, 0.2) is 12.1 Å². The maximum absolute atomic E-state index is 10.5. The zero-order chi connectivity index (χ0) is 10.0. The lowest BCUT2D eigenvalue weighted by molar-refractivity contribution is -0.136. The van der Waals surface area contributed by atoms with Crippen molar-refractivity contribution in [3.63, 3.8) is 0 Å². The van der Waals surface area contributed by atoms with Crippen molar-refractivity contribution in [2.24, 2.45) is 0 Å². The Morgan fingerprint density at radius 3 is 2.54 bits per heavy atom. The first kappa shape index (κ1) is 11.0. The molecule has 2 N–H and O–H groups in total. The second kappa shape index (κ2) is 4.45. The first-order valence-electron chi connectivity index (χ1n) is 3.39. The van der Waals surface area contributed by atoms with Crippen molar-refractivity contribution in [1.29, 1.82) is 0 Å². The molecule has 3 nitrogen and oxygen atoms in total. The molecule has 0 unspecified atom stereocenters. The van der Waals surface area contributed by atoms with Gasteiger partial charge in [-0.25, -0.2) is 0 Å². The molecule has 0 saturated carbocycles. The summed E-state index contributed by atoms with van der Waals surface area (Å²) < 4.78 is 1.45. The van der Waals surface area contributed by atoms with E-state index in [1.807, 2.05) is 45.2 Å². The summed E-state index contributed by atoms with van der Waals surface area (Å²) in [6, 6.07) is 3.36. The fourth-order valence-electron chi connectivity index (χ4n) is 0.922. The standard InChI is InChI=1S/C8H6I2O3/c9-5-1-4(2-7(12)13)8(10)6(11)3-5/h1,3,11H,2H2,(H,12,13). The zero-order valence-corrected chi connectivity index (χ0v) is 10.7. The third kappa shape index (κ3) is 2.97. The van der Waals surface area contributed by atoms with E-state index < -0.39 is 5.97 Å². The van der Waals surface area contributed by atoms with Crippen LogP contribution in [0.5, 0.6) is 5.75 Å². The van der Waals surface area contributed by atoms with E-state index >= 15 is 0 Å². The molecule has 0 bridgehead atoms. The minimum Gasteiger partial charge on any atom is -0.507 e. The van der Waals surface area contributed by atoms with Crippen LogP contribution in [-0.2, 0) is 11.2 Å². The smallest absolute Gasteiger partial charge is 0.307 e. The maximum atomic E-state index is 10.5. The minimum absolute atomic E-state index is 0.0529. The van der Waals surface area contributed by atoms with Gasteiger partial charge >= 0.3 is 5.97 Å². The van der Waals surface area contributed by atoms with Gasteiger partial charge in [0.2, 0.25) is 0 Å². The third-order valence-corrected chi connectivity index (χ3v) is 3.30. The topological polar surface area (TPSA) is 57.5 Å². The molecule has 0 aliphatic rings. The van der Waals surface area contributed by atoms with Crippen LogP contribution in [0.3, 0.4) is 0 Å². The van der Waals surface area contributed by atoms with Crippen LogP contribution in [0.2, 0.25) is 0 Å².